The number of benzene rings is 1. The molecule has 1 aromatic carbocycles. The van der Waals surface area contributed by atoms with Crippen LogP contribution in [0.5, 0.6) is 0 Å². The number of rotatable bonds is 5. The van der Waals surface area contributed by atoms with E-state index in [0.29, 0.717) is 21.8 Å². The molecule has 0 saturated carbocycles. The Morgan fingerprint density at radius 3 is 2.54 bits per heavy atom. The van der Waals surface area contributed by atoms with E-state index in [9.17, 15) is 14.4 Å². The van der Waals surface area contributed by atoms with E-state index in [4.69, 9.17) is 16.3 Å². The van der Waals surface area contributed by atoms with Gasteiger partial charge in [0.2, 0.25) is 0 Å². The topological polar surface area (TPSA) is 89.4 Å². The summed E-state index contributed by atoms with van der Waals surface area (Å²) in [6.07, 6.45) is 0. The lowest BCUT2D eigenvalue weighted by atomic mass is 10.2. The van der Waals surface area contributed by atoms with Crippen LogP contribution in [-0.2, 0) is 16.1 Å². The molecule has 2 amide bonds. The Labute approximate surface area is 156 Å². The van der Waals surface area contributed by atoms with Crippen molar-refractivity contribution < 1.29 is 19.1 Å². The molecule has 8 heteroatoms. The van der Waals surface area contributed by atoms with E-state index in [1.807, 2.05) is 0 Å². The number of nitrogens with one attached hydrogen (secondary N) is 2. The van der Waals surface area contributed by atoms with Gasteiger partial charge in [0, 0.05) is 22.0 Å². The van der Waals surface area contributed by atoms with E-state index >= 15 is 0 Å². The summed E-state index contributed by atoms with van der Waals surface area (Å²) in [5.74, 6) is -1.34. The molecule has 2 aromatic rings. The van der Waals surface area contributed by atoms with Crippen molar-refractivity contribution in [2.24, 2.45) is 0 Å². The summed E-state index contributed by atoms with van der Waals surface area (Å²) in [5.41, 5.74) is 6.79. The van der Waals surface area contributed by atoms with Crippen molar-refractivity contribution in [2.75, 3.05) is 6.61 Å². The highest BCUT2D eigenvalue weighted by Gasteiger charge is 2.18. The van der Waals surface area contributed by atoms with Gasteiger partial charge in [-0.15, -0.1) is 0 Å². The third kappa shape index (κ3) is 4.64. The minimum Gasteiger partial charge on any atom is -0.462 e. The number of hydrogen-bond donors (Lipinski definition) is 2. The Bertz CT molecular complexity index is 845. The standard InChI is InChI=1S/C18H20ClN3O4/c1-4-26-18(25)15-8-11(2)22(12(15)3)10-16(23)20-21-17(24)13-6-5-7-14(19)9-13/h5-9H,4,10H2,1-3H3,(H,20,23)(H,21,24). The summed E-state index contributed by atoms with van der Waals surface area (Å²) >= 11 is 5.84. The van der Waals surface area contributed by atoms with Crippen molar-refractivity contribution in [3.63, 3.8) is 0 Å². The van der Waals surface area contributed by atoms with Crippen LogP contribution in [0.2, 0.25) is 5.02 Å². The van der Waals surface area contributed by atoms with Crippen molar-refractivity contribution in [2.45, 2.75) is 27.3 Å². The van der Waals surface area contributed by atoms with E-state index in [1.165, 1.54) is 6.07 Å². The van der Waals surface area contributed by atoms with Crippen molar-refractivity contribution >= 4 is 29.4 Å². The summed E-state index contributed by atoms with van der Waals surface area (Å²) in [5, 5.41) is 0.425. The number of hydrazine groups is 1. The second-order valence-electron chi connectivity index (χ2n) is 5.60. The average molecular weight is 378 g/mol. The molecule has 7 nitrogen and oxygen atoms in total. The zero-order valence-electron chi connectivity index (χ0n) is 14.8. The minimum absolute atomic E-state index is 0.0487. The SMILES string of the molecule is CCOC(=O)c1cc(C)n(CC(=O)NNC(=O)c2cccc(Cl)c2)c1C. The fraction of sp³-hybridized carbons (Fsp3) is 0.278. The first kappa shape index (κ1) is 19.5. The highest BCUT2D eigenvalue weighted by atomic mass is 35.5. The van der Waals surface area contributed by atoms with E-state index in [1.54, 1.807) is 49.6 Å². The second-order valence-corrected chi connectivity index (χ2v) is 6.04. The number of hydrogen-bond acceptors (Lipinski definition) is 4. The molecule has 0 aliphatic rings. The van der Waals surface area contributed by atoms with E-state index in [-0.39, 0.29) is 13.2 Å². The van der Waals surface area contributed by atoms with Gasteiger partial charge in [0.1, 0.15) is 6.54 Å². The first-order chi connectivity index (χ1) is 12.3. The van der Waals surface area contributed by atoms with Crippen LogP contribution < -0.4 is 10.9 Å². The van der Waals surface area contributed by atoms with Crippen LogP contribution in [0.15, 0.2) is 30.3 Å². The molecule has 1 aromatic heterocycles. The van der Waals surface area contributed by atoms with Gasteiger partial charge in [0.15, 0.2) is 0 Å². The quantitative estimate of drug-likeness (QED) is 0.618. The molecule has 26 heavy (non-hydrogen) atoms. The Kier molecular flexibility index (Phi) is 6.41. The molecule has 2 rings (SSSR count). The summed E-state index contributed by atoms with van der Waals surface area (Å²) < 4.78 is 6.67. The number of aromatic nitrogens is 1. The predicted molar refractivity (Wildman–Crippen MR) is 96.9 cm³/mol. The molecule has 0 unspecified atom stereocenters. The van der Waals surface area contributed by atoms with Gasteiger partial charge in [-0.05, 0) is 45.0 Å². The smallest absolute Gasteiger partial charge is 0.339 e. The number of ether oxygens (including phenoxy) is 1. The summed E-state index contributed by atoms with van der Waals surface area (Å²) in [6.45, 7) is 5.48. The fourth-order valence-corrected chi connectivity index (χ4v) is 2.66. The highest BCUT2D eigenvalue weighted by molar-refractivity contribution is 6.30. The summed E-state index contributed by atoms with van der Waals surface area (Å²) in [7, 11) is 0. The number of esters is 1. The molecular weight excluding hydrogens is 358 g/mol. The van der Waals surface area contributed by atoms with Gasteiger partial charge in [0.05, 0.1) is 12.2 Å². The largest absolute Gasteiger partial charge is 0.462 e. The number of carbonyl (C=O) groups is 3. The third-order valence-corrected chi connectivity index (χ3v) is 4.01. The summed E-state index contributed by atoms with van der Waals surface area (Å²) in [6, 6.07) is 8.04. The lowest BCUT2D eigenvalue weighted by Crippen LogP contribution is -2.43. The monoisotopic (exact) mass is 377 g/mol. The van der Waals surface area contributed by atoms with E-state index in [0.717, 1.165) is 5.69 Å². The fourth-order valence-electron chi connectivity index (χ4n) is 2.47. The lowest BCUT2D eigenvalue weighted by Gasteiger charge is -2.11. The summed E-state index contributed by atoms with van der Waals surface area (Å²) in [4.78, 5) is 36.0. The van der Waals surface area contributed by atoms with Crippen molar-refractivity contribution in [1.82, 2.24) is 15.4 Å². The maximum absolute atomic E-state index is 12.1. The molecule has 0 radical (unpaired) electrons. The van der Waals surface area contributed by atoms with Crippen LogP contribution >= 0.6 is 11.6 Å². The third-order valence-electron chi connectivity index (χ3n) is 3.77. The first-order valence-electron chi connectivity index (χ1n) is 8.02. The lowest BCUT2D eigenvalue weighted by molar-refractivity contribution is -0.122. The van der Waals surface area contributed by atoms with Crippen LogP contribution in [0.1, 0.15) is 39.0 Å². The van der Waals surface area contributed by atoms with Crippen molar-refractivity contribution in [3.8, 4) is 0 Å². The number of nitrogens with zero attached hydrogens (tertiary/aromatic N) is 1. The van der Waals surface area contributed by atoms with Gasteiger partial charge in [-0.2, -0.15) is 0 Å². The second kappa shape index (κ2) is 8.53. The molecule has 0 atom stereocenters. The molecule has 0 fully saturated rings. The number of carbonyl (C=O) groups excluding carboxylic acids is 3. The van der Waals surface area contributed by atoms with Crippen LogP contribution in [0.4, 0.5) is 0 Å². The molecular formula is C18H20ClN3O4. The maximum atomic E-state index is 12.1. The van der Waals surface area contributed by atoms with Crippen LogP contribution in [0.25, 0.3) is 0 Å². The van der Waals surface area contributed by atoms with Gasteiger partial charge in [-0.25, -0.2) is 4.79 Å². The van der Waals surface area contributed by atoms with Crippen molar-refractivity contribution in [1.29, 1.82) is 0 Å². The highest BCUT2D eigenvalue weighted by Crippen LogP contribution is 2.16. The van der Waals surface area contributed by atoms with Crippen molar-refractivity contribution in [3.05, 3.63) is 57.9 Å². The zero-order chi connectivity index (χ0) is 19.3. The molecule has 0 aliphatic heterocycles. The Hall–Kier alpha value is -2.80. The first-order valence-corrected chi connectivity index (χ1v) is 8.39. The van der Waals surface area contributed by atoms with Gasteiger partial charge >= 0.3 is 5.97 Å². The molecule has 0 saturated heterocycles. The van der Waals surface area contributed by atoms with E-state index in [2.05, 4.69) is 10.9 Å². The maximum Gasteiger partial charge on any atom is 0.339 e. The Morgan fingerprint density at radius 1 is 1.15 bits per heavy atom. The Balaban J connectivity index is 2.00. The number of amides is 2. The number of aryl methyl sites for hydroxylation is 1. The number of halogens is 1. The van der Waals surface area contributed by atoms with Gasteiger partial charge in [-0.3, -0.25) is 20.4 Å². The molecule has 0 bridgehead atoms. The predicted octanol–water partition coefficient (Wildman–Crippen LogP) is 2.40. The molecule has 138 valence electrons. The zero-order valence-corrected chi connectivity index (χ0v) is 15.5. The minimum atomic E-state index is -0.478. The Morgan fingerprint density at radius 2 is 1.88 bits per heavy atom. The van der Waals surface area contributed by atoms with Crippen LogP contribution in [-0.4, -0.2) is 29.0 Å². The average Bonchev–Trinajstić information content (AvgIpc) is 2.88. The van der Waals surface area contributed by atoms with Crippen LogP contribution in [0, 0.1) is 13.8 Å². The van der Waals surface area contributed by atoms with Crippen LogP contribution in [0.3, 0.4) is 0 Å². The molecule has 0 spiro atoms. The van der Waals surface area contributed by atoms with Gasteiger partial charge < -0.3 is 9.30 Å². The van der Waals surface area contributed by atoms with Gasteiger partial charge in [-0.1, -0.05) is 17.7 Å². The molecule has 0 aliphatic carbocycles. The van der Waals surface area contributed by atoms with Gasteiger partial charge in [0.25, 0.3) is 11.8 Å². The van der Waals surface area contributed by atoms with E-state index < -0.39 is 17.8 Å². The normalized spacial score (nSPS) is 10.3. The molecule has 1 heterocycles. The molecule has 2 N–H and O–H groups in total.